The lowest BCUT2D eigenvalue weighted by atomic mass is 10.0. The summed E-state index contributed by atoms with van der Waals surface area (Å²) in [6, 6.07) is 6.49. The largest absolute Gasteiger partial charge is 0.375 e. The second-order valence-electron chi connectivity index (χ2n) is 3.29. The summed E-state index contributed by atoms with van der Waals surface area (Å²) in [6.07, 6.45) is 0.815. The Bertz CT molecular complexity index is 313. The van der Waals surface area contributed by atoms with Crippen LogP contribution in [0.3, 0.4) is 0 Å². The number of nitrogens with one attached hydrogen (secondary N) is 1. The molecule has 1 aromatic carbocycles. The van der Waals surface area contributed by atoms with Crippen LogP contribution < -0.4 is 5.73 Å². The molecular formula is C11H15FN2O. The minimum Gasteiger partial charge on any atom is -0.375 e. The van der Waals surface area contributed by atoms with E-state index in [1.54, 1.807) is 24.3 Å². The maximum atomic E-state index is 12.4. The highest BCUT2D eigenvalue weighted by molar-refractivity contribution is 5.76. The third kappa shape index (κ3) is 2.84. The first kappa shape index (κ1) is 11.8. The lowest BCUT2D eigenvalue weighted by Gasteiger charge is -2.20. The van der Waals surface area contributed by atoms with Crippen molar-refractivity contribution in [1.29, 1.82) is 5.41 Å². The molecule has 2 atom stereocenters. The second kappa shape index (κ2) is 5.58. The summed E-state index contributed by atoms with van der Waals surface area (Å²) >= 11 is 0. The van der Waals surface area contributed by atoms with E-state index in [2.05, 4.69) is 0 Å². The SMILES string of the molecule is COC(c1ccc(C=N)cc1)C(N)CF. The number of rotatable bonds is 5. The first-order valence-electron chi connectivity index (χ1n) is 4.67. The molecule has 0 saturated carbocycles. The molecule has 82 valence electrons. The van der Waals surface area contributed by atoms with Crippen molar-refractivity contribution in [3.63, 3.8) is 0 Å². The Kier molecular flexibility index (Phi) is 4.39. The fraction of sp³-hybridized carbons (Fsp3) is 0.364. The first-order chi connectivity index (χ1) is 7.22. The summed E-state index contributed by atoms with van der Waals surface area (Å²) < 4.78 is 17.6. The molecule has 4 heteroatoms. The third-order valence-corrected chi connectivity index (χ3v) is 2.25. The average Bonchev–Trinajstić information content (AvgIpc) is 2.30. The normalized spacial score (nSPS) is 14.6. The summed E-state index contributed by atoms with van der Waals surface area (Å²) in [5.74, 6) is 0. The van der Waals surface area contributed by atoms with Crippen molar-refractivity contribution in [2.75, 3.05) is 13.8 Å². The number of halogens is 1. The van der Waals surface area contributed by atoms with Crippen LogP contribution in [-0.4, -0.2) is 26.0 Å². The van der Waals surface area contributed by atoms with Crippen LogP contribution in [0.25, 0.3) is 0 Å². The van der Waals surface area contributed by atoms with Crippen LogP contribution in [-0.2, 0) is 4.74 Å². The number of nitrogens with two attached hydrogens (primary N) is 1. The van der Waals surface area contributed by atoms with E-state index in [4.69, 9.17) is 15.9 Å². The van der Waals surface area contributed by atoms with Crippen molar-refractivity contribution >= 4 is 6.21 Å². The summed E-state index contributed by atoms with van der Waals surface area (Å²) in [6.45, 7) is -0.620. The molecule has 2 unspecified atom stereocenters. The zero-order chi connectivity index (χ0) is 11.3. The van der Waals surface area contributed by atoms with Gasteiger partial charge in [0, 0.05) is 13.3 Å². The Balaban J connectivity index is 2.87. The second-order valence-corrected chi connectivity index (χ2v) is 3.29. The maximum Gasteiger partial charge on any atom is 0.107 e. The van der Waals surface area contributed by atoms with Crippen LogP contribution >= 0.6 is 0 Å². The zero-order valence-corrected chi connectivity index (χ0v) is 8.61. The van der Waals surface area contributed by atoms with Crippen molar-refractivity contribution in [3.05, 3.63) is 35.4 Å². The molecule has 3 nitrogen and oxygen atoms in total. The van der Waals surface area contributed by atoms with Crippen molar-refractivity contribution in [1.82, 2.24) is 0 Å². The van der Waals surface area contributed by atoms with Crippen LogP contribution in [0.15, 0.2) is 24.3 Å². The molecule has 0 bridgehead atoms. The Morgan fingerprint density at radius 2 is 2.07 bits per heavy atom. The molecule has 0 saturated heterocycles. The summed E-state index contributed by atoms with van der Waals surface area (Å²) in [4.78, 5) is 0. The molecule has 0 aliphatic carbocycles. The Hall–Kier alpha value is -1.26. The third-order valence-electron chi connectivity index (χ3n) is 2.25. The molecule has 1 aromatic rings. The van der Waals surface area contributed by atoms with Gasteiger partial charge in [-0.2, -0.15) is 0 Å². The van der Waals surface area contributed by atoms with Gasteiger partial charge in [-0.25, -0.2) is 4.39 Å². The smallest absolute Gasteiger partial charge is 0.107 e. The van der Waals surface area contributed by atoms with Crippen molar-refractivity contribution in [2.45, 2.75) is 12.1 Å². The van der Waals surface area contributed by atoms with Crippen LogP contribution in [0.4, 0.5) is 4.39 Å². The van der Waals surface area contributed by atoms with Crippen LogP contribution in [0.1, 0.15) is 17.2 Å². The Labute approximate surface area is 88.6 Å². The van der Waals surface area contributed by atoms with Gasteiger partial charge >= 0.3 is 0 Å². The Morgan fingerprint density at radius 1 is 1.47 bits per heavy atom. The molecular weight excluding hydrogens is 195 g/mol. The van der Waals surface area contributed by atoms with E-state index in [1.165, 1.54) is 13.3 Å². The lowest BCUT2D eigenvalue weighted by Crippen LogP contribution is -2.31. The summed E-state index contributed by atoms with van der Waals surface area (Å²) in [7, 11) is 1.50. The van der Waals surface area contributed by atoms with E-state index < -0.39 is 18.8 Å². The molecule has 0 aromatic heterocycles. The molecule has 0 heterocycles. The van der Waals surface area contributed by atoms with Crippen molar-refractivity contribution < 1.29 is 9.13 Å². The number of hydrogen-bond acceptors (Lipinski definition) is 3. The predicted molar refractivity (Wildman–Crippen MR) is 58.0 cm³/mol. The van der Waals surface area contributed by atoms with Crippen LogP contribution in [0.2, 0.25) is 0 Å². The van der Waals surface area contributed by atoms with Gasteiger partial charge in [0.2, 0.25) is 0 Å². The van der Waals surface area contributed by atoms with Crippen molar-refractivity contribution in [2.24, 2.45) is 5.73 Å². The van der Waals surface area contributed by atoms with Gasteiger partial charge in [0.05, 0.1) is 12.1 Å². The van der Waals surface area contributed by atoms with Gasteiger partial charge in [-0.05, 0) is 11.1 Å². The van der Waals surface area contributed by atoms with Gasteiger partial charge < -0.3 is 15.9 Å². The molecule has 0 radical (unpaired) electrons. The number of benzene rings is 1. The highest BCUT2D eigenvalue weighted by Crippen LogP contribution is 2.20. The van der Waals surface area contributed by atoms with E-state index in [0.717, 1.165) is 11.1 Å². The van der Waals surface area contributed by atoms with Gasteiger partial charge in [-0.3, -0.25) is 0 Å². The van der Waals surface area contributed by atoms with Gasteiger partial charge in [0.1, 0.15) is 6.67 Å². The standard InChI is InChI=1S/C11H15FN2O/c1-15-11(10(14)6-12)9-4-2-8(7-13)3-5-9/h2-5,7,10-11,13H,6,14H2,1H3. The lowest BCUT2D eigenvalue weighted by molar-refractivity contribution is 0.0721. The maximum absolute atomic E-state index is 12.4. The number of alkyl halides is 1. The predicted octanol–water partition coefficient (Wildman–Crippen LogP) is 1.67. The average molecular weight is 210 g/mol. The monoisotopic (exact) mass is 210 g/mol. The highest BCUT2D eigenvalue weighted by Gasteiger charge is 2.18. The van der Waals surface area contributed by atoms with Crippen LogP contribution in [0, 0.1) is 5.41 Å². The molecule has 3 N–H and O–H groups in total. The van der Waals surface area contributed by atoms with E-state index in [9.17, 15) is 4.39 Å². The zero-order valence-electron chi connectivity index (χ0n) is 8.61. The quantitative estimate of drug-likeness (QED) is 0.726. The van der Waals surface area contributed by atoms with E-state index in [1.807, 2.05) is 0 Å². The fourth-order valence-corrected chi connectivity index (χ4v) is 1.42. The van der Waals surface area contributed by atoms with Gasteiger partial charge in [0.15, 0.2) is 0 Å². The summed E-state index contributed by atoms with van der Waals surface area (Å²) in [5, 5.41) is 7.05. The van der Waals surface area contributed by atoms with Gasteiger partial charge in [-0.1, -0.05) is 24.3 Å². The number of methoxy groups -OCH3 is 1. The number of ether oxygens (including phenoxy) is 1. The molecule has 0 fully saturated rings. The molecule has 0 aliphatic rings. The molecule has 15 heavy (non-hydrogen) atoms. The minimum absolute atomic E-state index is 0.435. The van der Waals surface area contributed by atoms with Crippen molar-refractivity contribution in [3.8, 4) is 0 Å². The highest BCUT2D eigenvalue weighted by atomic mass is 19.1. The fourth-order valence-electron chi connectivity index (χ4n) is 1.42. The Morgan fingerprint density at radius 3 is 2.47 bits per heavy atom. The molecule has 1 rings (SSSR count). The van der Waals surface area contributed by atoms with E-state index in [-0.39, 0.29) is 0 Å². The van der Waals surface area contributed by atoms with Crippen LogP contribution in [0.5, 0.6) is 0 Å². The van der Waals surface area contributed by atoms with Gasteiger partial charge in [0.25, 0.3) is 0 Å². The molecule has 0 aliphatic heterocycles. The topological polar surface area (TPSA) is 59.1 Å². The summed E-state index contributed by atoms with van der Waals surface area (Å²) in [5.41, 5.74) is 7.21. The molecule has 0 spiro atoms. The minimum atomic E-state index is -0.652. The van der Waals surface area contributed by atoms with E-state index >= 15 is 0 Å². The molecule has 0 amide bonds. The van der Waals surface area contributed by atoms with Gasteiger partial charge in [-0.15, -0.1) is 0 Å². The first-order valence-corrected chi connectivity index (χ1v) is 4.67. The van der Waals surface area contributed by atoms with E-state index in [0.29, 0.717) is 0 Å². The number of hydrogen-bond donors (Lipinski definition) is 2.